The Labute approximate surface area is 146 Å². The van der Waals surface area contributed by atoms with Gasteiger partial charge in [0, 0.05) is 29.3 Å². The molecule has 2 rings (SSSR count). The van der Waals surface area contributed by atoms with Crippen LogP contribution >= 0.6 is 11.3 Å². The zero-order valence-electron chi connectivity index (χ0n) is 14.2. The molecule has 0 fully saturated rings. The average Bonchev–Trinajstić information content (AvgIpc) is 3.17. The zero-order chi connectivity index (χ0) is 17.4. The van der Waals surface area contributed by atoms with E-state index in [0.717, 1.165) is 18.7 Å². The number of carbonyl (C=O) groups excluding carboxylic acids is 1. The van der Waals surface area contributed by atoms with Crippen molar-refractivity contribution in [2.24, 2.45) is 0 Å². The molecule has 1 N–H and O–H groups in total. The molecule has 0 bridgehead atoms. The van der Waals surface area contributed by atoms with Crippen LogP contribution in [0.15, 0.2) is 34.9 Å². The van der Waals surface area contributed by atoms with E-state index in [1.807, 2.05) is 19.1 Å². The largest absolute Gasteiger partial charge is 0.468 e. The number of thiophene rings is 1. The van der Waals surface area contributed by atoms with Crippen molar-refractivity contribution in [2.45, 2.75) is 45.9 Å². The molecule has 5 nitrogen and oxygen atoms in total. The van der Waals surface area contributed by atoms with Crippen molar-refractivity contribution in [3.8, 4) is 0 Å². The lowest BCUT2D eigenvalue weighted by Gasteiger charge is -2.23. The van der Waals surface area contributed by atoms with Gasteiger partial charge in [0.2, 0.25) is 0 Å². The second-order valence-electron chi connectivity index (χ2n) is 5.85. The number of hydrogen-bond acceptors (Lipinski definition) is 6. The van der Waals surface area contributed by atoms with Gasteiger partial charge in [-0.25, -0.2) is 0 Å². The number of aliphatic hydroxyl groups is 1. The molecule has 0 saturated carbocycles. The van der Waals surface area contributed by atoms with Crippen LogP contribution in [0.4, 0.5) is 0 Å². The molecule has 0 amide bonds. The first-order chi connectivity index (χ1) is 11.6. The molecular formula is C18H25NO4S. The van der Waals surface area contributed by atoms with E-state index in [0.29, 0.717) is 19.5 Å². The summed E-state index contributed by atoms with van der Waals surface area (Å²) in [7, 11) is 0. The summed E-state index contributed by atoms with van der Waals surface area (Å²) in [6.45, 7) is 5.76. The highest BCUT2D eigenvalue weighted by Gasteiger charge is 2.16. The minimum Gasteiger partial charge on any atom is -0.468 e. The van der Waals surface area contributed by atoms with Gasteiger partial charge in [-0.2, -0.15) is 0 Å². The predicted octanol–water partition coefficient (Wildman–Crippen LogP) is 3.36. The summed E-state index contributed by atoms with van der Waals surface area (Å²) in [5.41, 5.74) is 0. The van der Waals surface area contributed by atoms with Crippen molar-refractivity contribution >= 4 is 17.3 Å². The van der Waals surface area contributed by atoms with Gasteiger partial charge in [-0.3, -0.25) is 9.69 Å². The second-order valence-corrected chi connectivity index (χ2v) is 7.22. The summed E-state index contributed by atoms with van der Waals surface area (Å²) in [6, 6.07) is 7.96. The van der Waals surface area contributed by atoms with E-state index in [4.69, 9.17) is 9.15 Å². The van der Waals surface area contributed by atoms with Crippen molar-refractivity contribution in [1.29, 1.82) is 0 Å². The summed E-state index contributed by atoms with van der Waals surface area (Å²) in [6.07, 6.45) is 2.06. The van der Waals surface area contributed by atoms with Crippen molar-refractivity contribution in [3.05, 3.63) is 46.0 Å². The fourth-order valence-electron chi connectivity index (χ4n) is 2.41. The van der Waals surface area contributed by atoms with Crippen molar-refractivity contribution in [1.82, 2.24) is 4.90 Å². The topological polar surface area (TPSA) is 62.9 Å². The molecule has 1 unspecified atom stereocenters. The van der Waals surface area contributed by atoms with Gasteiger partial charge >= 0.3 is 5.97 Å². The normalized spacial score (nSPS) is 12.5. The third-order valence-corrected chi connectivity index (χ3v) is 4.48. The number of aryl methyl sites for hydroxylation is 1. The van der Waals surface area contributed by atoms with Crippen LogP contribution in [-0.2, 0) is 22.6 Å². The molecule has 0 aliphatic rings. The number of esters is 1. The van der Waals surface area contributed by atoms with Crippen LogP contribution in [0.5, 0.6) is 0 Å². The quantitative estimate of drug-likeness (QED) is 0.665. The van der Waals surface area contributed by atoms with Crippen LogP contribution in [-0.4, -0.2) is 35.2 Å². The summed E-state index contributed by atoms with van der Waals surface area (Å²) in [5, 5.41) is 10.2. The number of hydrogen-bond donors (Lipinski definition) is 1. The van der Waals surface area contributed by atoms with Crippen LogP contribution in [0.3, 0.4) is 0 Å². The number of rotatable bonds is 10. The highest BCUT2D eigenvalue weighted by atomic mass is 32.1. The number of ether oxygens (including phenoxy) is 1. The van der Waals surface area contributed by atoms with Crippen molar-refractivity contribution in [3.63, 3.8) is 0 Å². The maximum atomic E-state index is 11.4. The fourth-order valence-corrected chi connectivity index (χ4v) is 3.35. The maximum absolute atomic E-state index is 11.4. The summed E-state index contributed by atoms with van der Waals surface area (Å²) in [4.78, 5) is 16.0. The lowest BCUT2D eigenvalue weighted by molar-refractivity contribution is -0.147. The van der Waals surface area contributed by atoms with E-state index < -0.39 is 6.10 Å². The Bertz CT molecular complexity index is 608. The molecule has 2 aromatic rings. The lowest BCUT2D eigenvalue weighted by Crippen LogP contribution is -2.34. The standard InChI is InChI=1S/C18H25NO4S/c1-3-5-18(21)23-13-15(20)10-19(11-16-6-4-9-22-16)12-17-8-7-14(2)24-17/h4,6-9,15,20H,3,5,10-13H2,1-2H3. The third kappa shape index (κ3) is 6.47. The van der Waals surface area contributed by atoms with Crippen molar-refractivity contribution < 1.29 is 19.1 Å². The van der Waals surface area contributed by atoms with Crippen LogP contribution in [0.2, 0.25) is 0 Å². The molecule has 24 heavy (non-hydrogen) atoms. The molecule has 132 valence electrons. The molecule has 0 saturated heterocycles. The molecule has 0 spiro atoms. The number of furan rings is 1. The molecule has 0 aliphatic carbocycles. The Hall–Kier alpha value is -1.63. The summed E-state index contributed by atoms with van der Waals surface area (Å²) >= 11 is 1.74. The minimum absolute atomic E-state index is 0.0248. The van der Waals surface area contributed by atoms with E-state index in [9.17, 15) is 9.90 Å². The van der Waals surface area contributed by atoms with E-state index in [1.54, 1.807) is 17.6 Å². The molecule has 6 heteroatoms. The molecule has 0 radical (unpaired) electrons. The van der Waals surface area contributed by atoms with Crippen LogP contribution in [0, 0.1) is 6.92 Å². The van der Waals surface area contributed by atoms with Crippen LogP contribution in [0.1, 0.15) is 35.3 Å². The van der Waals surface area contributed by atoms with Gasteiger partial charge in [-0.15, -0.1) is 11.3 Å². The number of carbonyl (C=O) groups is 1. The molecule has 0 aliphatic heterocycles. The summed E-state index contributed by atoms with van der Waals surface area (Å²) in [5.74, 6) is 0.585. The first kappa shape index (κ1) is 18.7. The molecule has 2 aromatic heterocycles. The van der Waals surface area contributed by atoms with Crippen molar-refractivity contribution in [2.75, 3.05) is 13.2 Å². The Morgan fingerprint density at radius 3 is 2.83 bits per heavy atom. The van der Waals surface area contributed by atoms with Gasteiger partial charge in [0.25, 0.3) is 0 Å². The first-order valence-corrected chi connectivity index (χ1v) is 9.02. The Morgan fingerprint density at radius 1 is 1.38 bits per heavy atom. The monoisotopic (exact) mass is 351 g/mol. The number of nitrogens with zero attached hydrogens (tertiary/aromatic N) is 1. The van der Waals surface area contributed by atoms with E-state index >= 15 is 0 Å². The highest BCUT2D eigenvalue weighted by Crippen LogP contribution is 2.19. The molecule has 2 heterocycles. The van der Waals surface area contributed by atoms with Gasteiger partial charge in [-0.1, -0.05) is 6.92 Å². The smallest absolute Gasteiger partial charge is 0.305 e. The van der Waals surface area contributed by atoms with E-state index in [2.05, 4.69) is 24.0 Å². The second kappa shape index (κ2) is 9.61. The molecular weight excluding hydrogens is 326 g/mol. The Balaban J connectivity index is 1.90. The van der Waals surface area contributed by atoms with Gasteiger partial charge in [0.15, 0.2) is 0 Å². The maximum Gasteiger partial charge on any atom is 0.305 e. The zero-order valence-corrected chi connectivity index (χ0v) is 15.1. The van der Waals surface area contributed by atoms with Gasteiger partial charge in [0.1, 0.15) is 18.5 Å². The first-order valence-electron chi connectivity index (χ1n) is 8.20. The summed E-state index contributed by atoms with van der Waals surface area (Å²) < 4.78 is 10.5. The van der Waals surface area contributed by atoms with Crippen LogP contribution in [0.25, 0.3) is 0 Å². The molecule has 0 aromatic carbocycles. The van der Waals surface area contributed by atoms with Gasteiger partial charge < -0.3 is 14.3 Å². The van der Waals surface area contributed by atoms with Gasteiger partial charge in [-0.05, 0) is 37.6 Å². The van der Waals surface area contributed by atoms with Gasteiger partial charge in [0.05, 0.1) is 12.8 Å². The predicted molar refractivity (Wildman–Crippen MR) is 93.8 cm³/mol. The highest BCUT2D eigenvalue weighted by molar-refractivity contribution is 7.11. The third-order valence-electron chi connectivity index (χ3n) is 3.49. The van der Waals surface area contributed by atoms with E-state index in [1.165, 1.54) is 9.75 Å². The Morgan fingerprint density at radius 2 is 2.21 bits per heavy atom. The average molecular weight is 351 g/mol. The minimum atomic E-state index is -0.721. The SMILES string of the molecule is CCCC(=O)OCC(O)CN(Cc1ccco1)Cc1ccc(C)s1. The molecule has 1 atom stereocenters. The van der Waals surface area contributed by atoms with Crippen LogP contribution < -0.4 is 0 Å². The Kier molecular flexibility index (Phi) is 7.49. The fraction of sp³-hybridized carbons (Fsp3) is 0.500. The number of aliphatic hydroxyl groups excluding tert-OH is 1. The lowest BCUT2D eigenvalue weighted by atomic mass is 10.3. The van der Waals surface area contributed by atoms with E-state index in [-0.39, 0.29) is 12.6 Å².